The van der Waals surface area contributed by atoms with Crippen LogP contribution in [0.1, 0.15) is 60.9 Å². The number of methoxy groups -OCH3 is 2. The maximum Gasteiger partial charge on any atom is 0.240 e. The minimum absolute atomic E-state index is 0.116. The third kappa shape index (κ3) is 7.31. The molecule has 248 valence electrons. The number of aromatic nitrogens is 1. The van der Waals surface area contributed by atoms with Crippen LogP contribution in [0.25, 0.3) is 20.8 Å². The first-order valence-electron chi connectivity index (χ1n) is 16.3. The smallest absolute Gasteiger partial charge is 0.240 e. The Hall–Kier alpha value is -4.89. The molecule has 0 saturated heterocycles. The molecule has 0 radical (unpaired) electrons. The van der Waals surface area contributed by atoms with Gasteiger partial charge in [-0.3, -0.25) is 4.79 Å². The highest BCUT2D eigenvalue weighted by molar-refractivity contribution is 7.21. The Balaban J connectivity index is 1.03. The fourth-order valence-corrected chi connectivity index (χ4v) is 6.88. The number of carbonyl (C=O) groups is 1. The highest BCUT2D eigenvalue weighted by Gasteiger charge is 2.32. The van der Waals surface area contributed by atoms with Gasteiger partial charge in [0.1, 0.15) is 16.5 Å². The molecule has 4 aromatic carbocycles. The summed E-state index contributed by atoms with van der Waals surface area (Å²) >= 11 is 1.69. The van der Waals surface area contributed by atoms with Crippen LogP contribution in [0.15, 0.2) is 84.0 Å². The van der Waals surface area contributed by atoms with Gasteiger partial charge in [-0.1, -0.05) is 30.3 Å². The van der Waals surface area contributed by atoms with Gasteiger partial charge in [0.25, 0.3) is 0 Å². The third-order valence-corrected chi connectivity index (χ3v) is 9.75. The summed E-state index contributed by atoms with van der Waals surface area (Å²) in [7, 11) is 3.31. The number of hydrazone groups is 1. The van der Waals surface area contributed by atoms with Crippen LogP contribution in [0.4, 0.5) is 0 Å². The molecule has 1 aliphatic rings. The van der Waals surface area contributed by atoms with Crippen molar-refractivity contribution in [1.29, 1.82) is 0 Å². The van der Waals surface area contributed by atoms with E-state index in [4.69, 9.17) is 29.0 Å². The topological polar surface area (TPSA) is 82.5 Å². The molecule has 0 spiro atoms. The quantitative estimate of drug-likeness (QED) is 0.117. The molecule has 2 heterocycles. The lowest BCUT2D eigenvalue weighted by molar-refractivity contribution is -0.130. The number of rotatable bonds is 13. The van der Waals surface area contributed by atoms with Crippen molar-refractivity contribution in [3.05, 3.63) is 101 Å². The number of nitrogens with zero attached hydrogens (tertiary/aromatic N) is 3. The summed E-state index contributed by atoms with van der Waals surface area (Å²) < 4.78 is 24.7. The summed E-state index contributed by atoms with van der Waals surface area (Å²) in [4.78, 5) is 17.5. The van der Waals surface area contributed by atoms with E-state index in [-0.39, 0.29) is 11.9 Å². The minimum atomic E-state index is -0.247. The van der Waals surface area contributed by atoms with Crippen molar-refractivity contribution in [1.82, 2.24) is 9.99 Å². The SMILES string of the molecule is COc1ccc(C2CC(c3cc(C)c(C)c(OC)c3)=NN2C(C)=O)cc1OCCCCCOc1cccc(-c2nc3ccccc3s2)c1. The van der Waals surface area contributed by atoms with Gasteiger partial charge in [0.2, 0.25) is 5.91 Å². The average Bonchev–Trinajstić information content (AvgIpc) is 3.75. The Kier molecular flexibility index (Phi) is 10.3. The molecule has 0 aliphatic carbocycles. The fourth-order valence-electron chi connectivity index (χ4n) is 5.92. The number of fused-ring (bicyclic) bond motifs is 1. The number of unbranched alkanes of at least 4 members (excludes halogenated alkanes) is 2. The zero-order valence-electron chi connectivity index (χ0n) is 28.1. The van der Waals surface area contributed by atoms with Crippen molar-refractivity contribution in [2.45, 2.75) is 52.5 Å². The van der Waals surface area contributed by atoms with Crippen molar-refractivity contribution in [3.63, 3.8) is 0 Å². The molecule has 1 amide bonds. The Labute approximate surface area is 285 Å². The Bertz CT molecular complexity index is 1920. The van der Waals surface area contributed by atoms with Crippen molar-refractivity contribution < 1.29 is 23.7 Å². The van der Waals surface area contributed by atoms with Crippen molar-refractivity contribution in [3.8, 4) is 33.6 Å². The first kappa shape index (κ1) is 33.0. The number of benzene rings is 4. The zero-order valence-corrected chi connectivity index (χ0v) is 28.9. The highest BCUT2D eigenvalue weighted by Crippen LogP contribution is 2.38. The maximum absolute atomic E-state index is 12.7. The van der Waals surface area contributed by atoms with Gasteiger partial charge in [-0.15, -0.1) is 11.3 Å². The van der Waals surface area contributed by atoms with Crippen LogP contribution in [0.5, 0.6) is 23.0 Å². The lowest BCUT2D eigenvalue weighted by Gasteiger charge is -2.22. The Morgan fingerprint density at radius 1 is 0.833 bits per heavy atom. The summed E-state index contributed by atoms with van der Waals surface area (Å²) in [5, 5.41) is 7.31. The zero-order chi connectivity index (χ0) is 33.6. The number of thiazole rings is 1. The van der Waals surface area contributed by atoms with Gasteiger partial charge in [0, 0.05) is 24.5 Å². The molecule has 8 nitrogen and oxygen atoms in total. The number of hydrogen-bond acceptors (Lipinski definition) is 8. The second-order valence-corrected chi connectivity index (χ2v) is 13.0. The van der Waals surface area contributed by atoms with Crippen LogP contribution in [0, 0.1) is 13.8 Å². The normalized spacial score (nSPS) is 14.2. The van der Waals surface area contributed by atoms with E-state index < -0.39 is 0 Å². The van der Waals surface area contributed by atoms with Crippen molar-refractivity contribution >= 4 is 33.2 Å². The second-order valence-electron chi connectivity index (χ2n) is 11.9. The summed E-state index contributed by atoms with van der Waals surface area (Å²) in [6.45, 7) is 6.81. The standard InChI is InChI=1S/C39H41N3O5S/c1-25-20-30(23-36(45-5)26(25)2)33-24-34(42(41-33)27(3)43)28-16-17-35(44-4)37(22-28)47-19-10-6-9-18-46-31-13-11-12-29(21-31)39-40-32-14-7-8-15-38(32)48-39/h7-8,11-17,20-23,34H,6,9-10,18-19,24H2,1-5H3. The molecule has 0 bridgehead atoms. The lowest BCUT2D eigenvalue weighted by Crippen LogP contribution is -2.24. The molecule has 0 N–H and O–H groups in total. The Morgan fingerprint density at radius 2 is 1.62 bits per heavy atom. The first-order valence-corrected chi connectivity index (χ1v) is 17.1. The van der Waals surface area contributed by atoms with Gasteiger partial charge in [-0.2, -0.15) is 5.10 Å². The van der Waals surface area contributed by atoms with Gasteiger partial charge in [-0.25, -0.2) is 9.99 Å². The number of hydrogen-bond donors (Lipinski definition) is 0. The molecule has 1 aromatic heterocycles. The molecule has 1 aliphatic heterocycles. The maximum atomic E-state index is 12.7. The van der Waals surface area contributed by atoms with Gasteiger partial charge >= 0.3 is 0 Å². The molecule has 0 saturated carbocycles. The summed E-state index contributed by atoms with van der Waals surface area (Å²) in [6, 6.07) is 26.0. The molecule has 1 atom stereocenters. The predicted octanol–water partition coefficient (Wildman–Crippen LogP) is 8.92. The fraction of sp³-hybridized carbons (Fsp3) is 0.308. The summed E-state index contributed by atoms with van der Waals surface area (Å²) in [6.07, 6.45) is 3.32. The van der Waals surface area contributed by atoms with E-state index in [0.29, 0.717) is 31.1 Å². The predicted molar refractivity (Wildman–Crippen MR) is 192 cm³/mol. The molecule has 0 fully saturated rings. The van der Waals surface area contributed by atoms with E-state index >= 15 is 0 Å². The van der Waals surface area contributed by atoms with Gasteiger partial charge in [-0.05, 0) is 98.3 Å². The van der Waals surface area contributed by atoms with E-state index in [2.05, 4.69) is 31.2 Å². The van der Waals surface area contributed by atoms with Crippen LogP contribution in [0.2, 0.25) is 0 Å². The number of aryl methyl sites for hydroxylation is 1. The molecule has 6 rings (SSSR count). The molecule has 5 aromatic rings. The van der Waals surface area contributed by atoms with E-state index in [1.54, 1.807) is 37.5 Å². The number of carbonyl (C=O) groups excluding carboxylic acids is 1. The molecular weight excluding hydrogens is 623 g/mol. The van der Waals surface area contributed by atoms with Crippen LogP contribution >= 0.6 is 11.3 Å². The molecule has 1 unspecified atom stereocenters. The summed E-state index contributed by atoms with van der Waals surface area (Å²) in [5.74, 6) is 2.85. The van der Waals surface area contributed by atoms with E-state index in [1.165, 1.54) is 4.70 Å². The first-order chi connectivity index (χ1) is 23.3. The van der Waals surface area contributed by atoms with E-state index in [9.17, 15) is 4.79 Å². The van der Waals surface area contributed by atoms with Gasteiger partial charge in [0.15, 0.2) is 11.5 Å². The number of para-hydroxylation sites is 1. The van der Waals surface area contributed by atoms with Crippen LogP contribution in [-0.4, -0.2) is 49.0 Å². The monoisotopic (exact) mass is 663 g/mol. The molecule has 48 heavy (non-hydrogen) atoms. The van der Waals surface area contributed by atoms with Crippen LogP contribution < -0.4 is 18.9 Å². The van der Waals surface area contributed by atoms with Gasteiger partial charge < -0.3 is 18.9 Å². The van der Waals surface area contributed by atoms with Gasteiger partial charge in [0.05, 0.1) is 49.4 Å². The lowest BCUT2D eigenvalue weighted by atomic mass is 9.95. The van der Waals surface area contributed by atoms with Crippen molar-refractivity contribution in [2.75, 3.05) is 27.4 Å². The second kappa shape index (κ2) is 14.9. The number of amides is 1. The Morgan fingerprint density at radius 3 is 2.40 bits per heavy atom. The summed E-state index contributed by atoms with van der Waals surface area (Å²) in [5.41, 5.74) is 7.04. The molecular formula is C39H41N3O5S. The third-order valence-electron chi connectivity index (χ3n) is 8.67. The van der Waals surface area contributed by atoms with Crippen LogP contribution in [0.3, 0.4) is 0 Å². The van der Waals surface area contributed by atoms with E-state index in [1.807, 2.05) is 61.5 Å². The largest absolute Gasteiger partial charge is 0.496 e. The highest BCUT2D eigenvalue weighted by atomic mass is 32.1. The molecule has 9 heteroatoms. The average molecular weight is 664 g/mol. The number of ether oxygens (including phenoxy) is 4. The van der Waals surface area contributed by atoms with Crippen LogP contribution in [-0.2, 0) is 4.79 Å². The van der Waals surface area contributed by atoms with Crippen molar-refractivity contribution in [2.24, 2.45) is 5.10 Å². The van der Waals surface area contributed by atoms with E-state index in [0.717, 1.165) is 74.8 Å². The minimum Gasteiger partial charge on any atom is -0.496 e.